The predicted molar refractivity (Wildman–Crippen MR) is 167 cm³/mol. The fourth-order valence-electron chi connectivity index (χ4n) is 5.69. The number of amides is 3. The third kappa shape index (κ3) is 12.2. The Morgan fingerprint density at radius 3 is 1.51 bits per heavy atom. The second-order valence-corrected chi connectivity index (χ2v) is 12.4. The molecule has 3 aliphatic heterocycles. The molecular formula is C29H51N3O21. The van der Waals surface area contributed by atoms with Gasteiger partial charge < -0.3 is 106 Å². The van der Waals surface area contributed by atoms with Crippen LogP contribution in [0.4, 0.5) is 0 Å². The van der Waals surface area contributed by atoms with Crippen LogP contribution < -0.4 is 16.0 Å². The Balaban J connectivity index is 0.000000848. The number of hydrogen-bond donors (Lipinski definition) is 15. The van der Waals surface area contributed by atoms with Gasteiger partial charge in [0.1, 0.15) is 91.4 Å². The summed E-state index contributed by atoms with van der Waals surface area (Å²) in [6.45, 7) is 0.308. The predicted octanol–water partition coefficient (Wildman–Crippen LogP) is -9.88. The van der Waals surface area contributed by atoms with E-state index in [1.54, 1.807) is 0 Å². The molecule has 3 rings (SSSR count). The van der Waals surface area contributed by atoms with Crippen LogP contribution >= 0.6 is 0 Å². The molecule has 3 fully saturated rings. The van der Waals surface area contributed by atoms with Crippen LogP contribution in [0.3, 0.4) is 0 Å². The molecule has 3 saturated heterocycles. The van der Waals surface area contributed by atoms with E-state index < -0.39 is 154 Å². The highest BCUT2D eigenvalue weighted by Crippen LogP contribution is 2.32. The van der Waals surface area contributed by atoms with Crippen LogP contribution in [0.2, 0.25) is 0 Å². The van der Waals surface area contributed by atoms with Crippen LogP contribution in [-0.2, 0) is 42.9 Å². The Bertz CT molecular complexity index is 1170. The maximum atomic E-state index is 12.1. The van der Waals surface area contributed by atoms with Crippen molar-refractivity contribution in [2.45, 2.75) is 131 Å². The van der Waals surface area contributed by atoms with E-state index in [9.17, 15) is 60.0 Å². The van der Waals surface area contributed by atoms with Gasteiger partial charge in [-0.25, -0.2) is 0 Å². The van der Waals surface area contributed by atoms with E-state index in [0.29, 0.717) is 0 Å². The minimum absolute atomic E-state index is 0.0869. The summed E-state index contributed by atoms with van der Waals surface area (Å²) in [6, 6.07) is -4.33. The van der Waals surface area contributed by atoms with Gasteiger partial charge in [0.2, 0.25) is 17.7 Å². The van der Waals surface area contributed by atoms with Crippen molar-refractivity contribution in [1.82, 2.24) is 16.0 Å². The van der Waals surface area contributed by atoms with Crippen LogP contribution in [0.15, 0.2) is 0 Å². The zero-order valence-corrected chi connectivity index (χ0v) is 28.8. The van der Waals surface area contributed by atoms with Crippen molar-refractivity contribution >= 4 is 24.0 Å². The van der Waals surface area contributed by atoms with E-state index in [1.807, 2.05) is 0 Å². The lowest BCUT2D eigenvalue weighted by atomic mass is 9.93. The van der Waals surface area contributed by atoms with Crippen molar-refractivity contribution in [2.24, 2.45) is 0 Å². The number of rotatable bonds is 14. The Morgan fingerprint density at radius 1 is 0.623 bits per heavy atom. The summed E-state index contributed by atoms with van der Waals surface area (Å²) >= 11 is 0. The number of carbonyl (C=O) groups is 4. The molecule has 308 valence electrons. The molecule has 0 saturated carbocycles. The van der Waals surface area contributed by atoms with Gasteiger partial charge in [0.05, 0.1) is 26.4 Å². The first-order chi connectivity index (χ1) is 24.9. The van der Waals surface area contributed by atoms with Crippen molar-refractivity contribution < 1.29 is 104 Å². The lowest BCUT2D eigenvalue weighted by molar-refractivity contribution is -0.349. The fourth-order valence-corrected chi connectivity index (χ4v) is 5.69. The Labute approximate surface area is 301 Å². The molecule has 15 N–H and O–H groups in total. The first-order valence-corrected chi connectivity index (χ1v) is 16.3. The van der Waals surface area contributed by atoms with Gasteiger partial charge in [-0.15, -0.1) is 0 Å². The molecule has 0 radical (unpaired) electrons. The average Bonchev–Trinajstić information content (AvgIpc) is 3.11. The van der Waals surface area contributed by atoms with Crippen LogP contribution in [0.1, 0.15) is 20.8 Å². The highest BCUT2D eigenvalue weighted by atomic mass is 16.7. The maximum absolute atomic E-state index is 12.1. The number of aldehydes is 1. The standard InChI is InChI=1S/C24H41N3O16.C5H10O5/c1-7(31)25-13-18(36)16(34)10(4-28)40-23(13)42-20-12(6-30)41-24(14(19(20)37)26-8(2)32)43-21-15(27-9(3)33)22(38)39-11(5-29)17(21)35;6-1-3(8)5(10)4(9)2-7/h10-24,28-30,34-38H,4-6H2,1-3H3,(H,25,31)(H,26,32)(H,27,33);1,3-5,7-10H,2H2/t10-,11-,12-,13-,14-,15-,16-,17+,18-,19-,20+,21-,22-,23-,24-;3-,4+,5-/m10/s1. The number of nitrogens with one attached hydrogen (secondary N) is 3. The summed E-state index contributed by atoms with van der Waals surface area (Å²) in [4.78, 5) is 45.5. The first-order valence-electron chi connectivity index (χ1n) is 16.3. The minimum Gasteiger partial charge on any atom is -0.394 e. The van der Waals surface area contributed by atoms with Gasteiger partial charge in [0, 0.05) is 20.8 Å². The molecule has 3 aliphatic rings. The third-order valence-electron chi connectivity index (χ3n) is 8.37. The number of carbonyl (C=O) groups excluding carboxylic acids is 4. The molecule has 0 aromatic rings. The number of aliphatic hydroxyl groups is 12. The topological polar surface area (TPSA) is 393 Å². The zero-order valence-electron chi connectivity index (χ0n) is 28.8. The summed E-state index contributed by atoms with van der Waals surface area (Å²) in [6.07, 6.45) is -23.7. The van der Waals surface area contributed by atoms with Gasteiger partial charge in [-0.05, 0) is 0 Å². The highest BCUT2D eigenvalue weighted by Gasteiger charge is 2.54. The molecule has 53 heavy (non-hydrogen) atoms. The quantitative estimate of drug-likeness (QED) is 0.0728. The lowest BCUT2D eigenvalue weighted by Gasteiger charge is -2.50. The molecule has 0 unspecified atom stereocenters. The lowest BCUT2D eigenvalue weighted by Crippen LogP contribution is -2.71. The number of aliphatic hydroxyl groups excluding tert-OH is 12. The van der Waals surface area contributed by atoms with E-state index in [-0.39, 0.29) is 6.29 Å². The molecule has 0 aromatic heterocycles. The summed E-state index contributed by atoms with van der Waals surface area (Å²) in [5, 5.41) is 124. The SMILES string of the molecule is CC(=O)N[C@@H]1[C@@H](O[C@H]2O[C@H](CO)[C@H](O[C@H]3O[C@H](CO)[C@@H](O)[C@H](O)[C@H]3NC(C)=O)[C@H](O)[C@H]2NC(C)=O)[C@@H](O)[C@@H](CO)O[C@H]1O.O=C[C@H](O)[C@H](O)[C@H](O)CO. The number of ether oxygens (including phenoxy) is 5. The molecule has 0 aliphatic carbocycles. The van der Waals surface area contributed by atoms with Crippen molar-refractivity contribution in [3.63, 3.8) is 0 Å². The average molecular weight is 778 g/mol. The summed E-state index contributed by atoms with van der Waals surface area (Å²) in [5.74, 6) is -1.98. The van der Waals surface area contributed by atoms with E-state index in [2.05, 4.69) is 16.0 Å². The Hall–Kier alpha value is -2.60. The van der Waals surface area contributed by atoms with Gasteiger partial charge in [-0.2, -0.15) is 0 Å². The largest absolute Gasteiger partial charge is 0.394 e. The number of hydrogen-bond acceptors (Lipinski definition) is 21. The molecule has 24 nitrogen and oxygen atoms in total. The minimum atomic E-state index is -1.78. The summed E-state index contributed by atoms with van der Waals surface area (Å²) in [7, 11) is 0. The molecular weight excluding hydrogens is 726 g/mol. The molecule has 0 spiro atoms. The fraction of sp³-hybridized carbons (Fsp3) is 0.862. The van der Waals surface area contributed by atoms with Crippen LogP contribution in [-0.4, -0.2) is 222 Å². The Morgan fingerprint density at radius 2 is 1.06 bits per heavy atom. The summed E-state index contributed by atoms with van der Waals surface area (Å²) < 4.78 is 28.2. The Kier molecular flexibility index (Phi) is 18.9. The molecule has 3 amide bonds. The second-order valence-electron chi connectivity index (χ2n) is 12.4. The van der Waals surface area contributed by atoms with Gasteiger partial charge in [0.15, 0.2) is 25.2 Å². The van der Waals surface area contributed by atoms with E-state index >= 15 is 0 Å². The van der Waals surface area contributed by atoms with Crippen LogP contribution in [0.5, 0.6) is 0 Å². The van der Waals surface area contributed by atoms with E-state index in [0.717, 1.165) is 20.8 Å². The van der Waals surface area contributed by atoms with E-state index in [4.69, 9.17) is 44.1 Å². The zero-order chi connectivity index (χ0) is 40.3. The monoisotopic (exact) mass is 777 g/mol. The first kappa shape index (κ1) is 46.6. The van der Waals surface area contributed by atoms with Crippen LogP contribution in [0.25, 0.3) is 0 Å². The normalized spacial score (nSPS) is 39.0. The third-order valence-corrected chi connectivity index (χ3v) is 8.37. The second kappa shape index (κ2) is 21.5. The molecule has 0 aromatic carbocycles. The van der Waals surface area contributed by atoms with Gasteiger partial charge in [-0.3, -0.25) is 14.4 Å². The highest BCUT2D eigenvalue weighted by molar-refractivity contribution is 5.74. The van der Waals surface area contributed by atoms with Crippen molar-refractivity contribution in [3.05, 3.63) is 0 Å². The molecule has 0 bridgehead atoms. The van der Waals surface area contributed by atoms with Crippen LogP contribution in [0, 0.1) is 0 Å². The molecule has 24 heteroatoms. The van der Waals surface area contributed by atoms with Crippen molar-refractivity contribution in [2.75, 3.05) is 26.4 Å². The smallest absolute Gasteiger partial charge is 0.217 e. The summed E-state index contributed by atoms with van der Waals surface area (Å²) in [5.41, 5.74) is 0. The van der Waals surface area contributed by atoms with Crippen molar-refractivity contribution in [1.29, 1.82) is 0 Å². The van der Waals surface area contributed by atoms with E-state index in [1.165, 1.54) is 0 Å². The maximum Gasteiger partial charge on any atom is 0.217 e. The molecule has 18 atom stereocenters. The van der Waals surface area contributed by atoms with Gasteiger partial charge in [0.25, 0.3) is 0 Å². The molecule has 3 heterocycles. The van der Waals surface area contributed by atoms with Crippen molar-refractivity contribution in [3.8, 4) is 0 Å². The van der Waals surface area contributed by atoms with Gasteiger partial charge >= 0.3 is 0 Å². The van der Waals surface area contributed by atoms with Gasteiger partial charge in [-0.1, -0.05) is 0 Å².